The number of rotatable bonds is 6. The van der Waals surface area contributed by atoms with Gasteiger partial charge in [0.15, 0.2) is 0 Å². The highest BCUT2D eigenvalue weighted by molar-refractivity contribution is 6.01. The molecule has 1 aliphatic rings. The molecule has 1 aliphatic heterocycles. The number of hydrogen-bond donors (Lipinski definition) is 3. The molecule has 0 unspecified atom stereocenters. The van der Waals surface area contributed by atoms with E-state index in [1.54, 1.807) is 7.11 Å². The van der Waals surface area contributed by atoms with Gasteiger partial charge in [-0.1, -0.05) is 12.1 Å². The normalized spacial score (nSPS) is 14.8. The minimum absolute atomic E-state index is 0.215. The molecule has 3 amide bonds. The Morgan fingerprint density at radius 2 is 1.80 bits per heavy atom. The first-order valence-electron chi connectivity index (χ1n) is 10.2. The van der Waals surface area contributed by atoms with E-state index in [0.717, 1.165) is 48.5 Å². The van der Waals surface area contributed by atoms with E-state index in [9.17, 15) is 9.59 Å². The van der Waals surface area contributed by atoms with Gasteiger partial charge < -0.3 is 15.4 Å². The Hall–Kier alpha value is -3.06. The average molecular weight is 411 g/mol. The summed E-state index contributed by atoms with van der Waals surface area (Å²) in [6.07, 6.45) is 1.86. The first-order chi connectivity index (χ1) is 14.4. The second-order valence-corrected chi connectivity index (χ2v) is 7.73. The van der Waals surface area contributed by atoms with Crippen LogP contribution in [-0.2, 0) is 4.79 Å². The Bertz CT molecular complexity index is 892. The Balaban J connectivity index is 1.40. The van der Waals surface area contributed by atoms with Crippen molar-refractivity contribution >= 4 is 23.3 Å². The number of carbonyl (C=O) groups excluding carboxylic acids is 2. The lowest BCUT2D eigenvalue weighted by molar-refractivity contribution is -0.121. The molecule has 0 aromatic heterocycles. The summed E-state index contributed by atoms with van der Waals surface area (Å²) in [7, 11) is 1.66. The fourth-order valence-corrected chi connectivity index (χ4v) is 3.53. The third-order valence-electron chi connectivity index (χ3n) is 5.41. The van der Waals surface area contributed by atoms with Crippen molar-refractivity contribution in [3.8, 4) is 5.75 Å². The number of nitrogens with zero attached hydrogens (tertiary/aromatic N) is 1. The number of nitrogens with one attached hydrogen (secondary N) is 3. The highest BCUT2D eigenvalue weighted by atomic mass is 16.5. The molecule has 3 rings (SSSR count). The van der Waals surface area contributed by atoms with Gasteiger partial charge in [-0.05, 0) is 62.1 Å². The fraction of sp³-hybridized carbons (Fsp3) is 0.391. The number of ether oxygens (including phenoxy) is 1. The van der Waals surface area contributed by atoms with E-state index in [1.807, 2.05) is 56.3 Å². The highest BCUT2D eigenvalue weighted by Gasteiger charge is 2.21. The number of imide groups is 1. The number of anilines is 2. The maximum atomic E-state index is 12.2. The van der Waals surface area contributed by atoms with E-state index in [2.05, 4.69) is 20.9 Å². The molecule has 7 nitrogen and oxygen atoms in total. The Kier molecular flexibility index (Phi) is 7.30. The maximum Gasteiger partial charge on any atom is 0.325 e. The smallest absolute Gasteiger partial charge is 0.325 e. The van der Waals surface area contributed by atoms with Gasteiger partial charge in [-0.3, -0.25) is 15.0 Å². The van der Waals surface area contributed by atoms with E-state index in [0.29, 0.717) is 11.7 Å². The molecule has 7 heteroatoms. The fourth-order valence-electron chi connectivity index (χ4n) is 3.53. The minimum atomic E-state index is -0.502. The lowest BCUT2D eigenvalue weighted by atomic mass is 10.0. The quantitative estimate of drug-likeness (QED) is 0.679. The minimum Gasteiger partial charge on any atom is -0.497 e. The lowest BCUT2D eigenvalue weighted by Crippen LogP contribution is -2.46. The summed E-state index contributed by atoms with van der Waals surface area (Å²) in [4.78, 5) is 26.4. The van der Waals surface area contributed by atoms with Gasteiger partial charge in [-0.25, -0.2) is 4.79 Å². The van der Waals surface area contributed by atoms with Crippen LogP contribution in [0, 0.1) is 13.8 Å². The third-order valence-corrected chi connectivity index (χ3v) is 5.41. The Labute approximate surface area is 177 Å². The van der Waals surface area contributed by atoms with Crippen molar-refractivity contribution in [3.05, 3.63) is 53.6 Å². The summed E-state index contributed by atoms with van der Waals surface area (Å²) < 4.78 is 5.26. The first kappa shape index (κ1) is 21.6. The second-order valence-electron chi connectivity index (χ2n) is 7.73. The molecule has 1 saturated heterocycles. The van der Waals surface area contributed by atoms with Gasteiger partial charge in [-0.2, -0.15) is 0 Å². The van der Waals surface area contributed by atoms with Crippen LogP contribution in [0.4, 0.5) is 16.2 Å². The zero-order valence-electron chi connectivity index (χ0n) is 17.8. The number of benzene rings is 2. The van der Waals surface area contributed by atoms with Crippen LogP contribution >= 0.6 is 0 Å². The molecule has 0 saturated carbocycles. The Morgan fingerprint density at radius 1 is 1.03 bits per heavy atom. The number of urea groups is 1. The monoisotopic (exact) mass is 410 g/mol. The third kappa shape index (κ3) is 6.22. The van der Waals surface area contributed by atoms with Crippen molar-refractivity contribution in [2.75, 3.05) is 37.4 Å². The number of methoxy groups -OCH3 is 1. The van der Waals surface area contributed by atoms with Crippen LogP contribution in [0.15, 0.2) is 42.5 Å². The van der Waals surface area contributed by atoms with Gasteiger partial charge in [-0.15, -0.1) is 0 Å². The molecular weight excluding hydrogens is 380 g/mol. The topological polar surface area (TPSA) is 82.7 Å². The Morgan fingerprint density at radius 3 is 2.50 bits per heavy atom. The summed E-state index contributed by atoms with van der Waals surface area (Å²) in [6, 6.07) is 13.4. The van der Waals surface area contributed by atoms with Gasteiger partial charge in [0.2, 0.25) is 5.91 Å². The largest absolute Gasteiger partial charge is 0.497 e. The van der Waals surface area contributed by atoms with E-state index in [1.165, 1.54) is 0 Å². The van der Waals surface area contributed by atoms with Crippen LogP contribution in [0.5, 0.6) is 5.75 Å². The van der Waals surface area contributed by atoms with Crippen LogP contribution in [-0.4, -0.2) is 49.6 Å². The van der Waals surface area contributed by atoms with Gasteiger partial charge >= 0.3 is 6.03 Å². The molecule has 1 heterocycles. The predicted octanol–water partition coefficient (Wildman–Crippen LogP) is 3.54. The number of likely N-dealkylation sites (tertiary alicyclic amines) is 1. The number of carbonyl (C=O) groups is 2. The first-order valence-corrected chi connectivity index (χ1v) is 10.2. The van der Waals surface area contributed by atoms with Gasteiger partial charge in [0.25, 0.3) is 0 Å². The molecule has 0 spiro atoms. The van der Waals surface area contributed by atoms with Crippen molar-refractivity contribution in [3.63, 3.8) is 0 Å². The summed E-state index contributed by atoms with van der Waals surface area (Å²) >= 11 is 0. The van der Waals surface area contributed by atoms with Gasteiger partial charge in [0.1, 0.15) is 5.75 Å². The van der Waals surface area contributed by atoms with Crippen LogP contribution in [0.25, 0.3) is 0 Å². The summed E-state index contributed by atoms with van der Waals surface area (Å²) in [6.45, 7) is 5.81. The van der Waals surface area contributed by atoms with Crippen molar-refractivity contribution in [2.24, 2.45) is 0 Å². The zero-order chi connectivity index (χ0) is 21.5. The molecule has 0 bridgehead atoms. The molecule has 0 radical (unpaired) electrons. The summed E-state index contributed by atoms with van der Waals surface area (Å²) in [5.74, 6) is 0.531. The average Bonchev–Trinajstić information content (AvgIpc) is 2.72. The van der Waals surface area contributed by atoms with Crippen LogP contribution in [0.2, 0.25) is 0 Å². The SMILES string of the molecule is COc1cccc(NC2CCN(CC(=O)NC(=O)Nc3ccc(C)c(C)c3)CC2)c1. The number of aryl methyl sites for hydroxylation is 2. The zero-order valence-corrected chi connectivity index (χ0v) is 17.8. The van der Waals surface area contributed by atoms with Crippen molar-refractivity contribution in [1.29, 1.82) is 0 Å². The molecule has 0 aliphatic carbocycles. The number of amides is 3. The molecular formula is C23H30N4O3. The highest BCUT2D eigenvalue weighted by Crippen LogP contribution is 2.21. The molecule has 3 N–H and O–H groups in total. The second kappa shape index (κ2) is 10.1. The van der Waals surface area contributed by atoms with Gasteiger partial charge in [0, 0.05) is 36.6 Å². The van der Waals surface area contributed by atoms with Crippen LogP contribution in [0.3, 0.4) is 0 Å². The maximum absolute atomic E-state index is 12.2. The van der Waals surface area contributed by atoms with Crippen LogP contribution < -0.4 is 20.7 Å². The standard InChI is InChI=1S/C23H30N4O3/c1-16-7-8-20(13-17(16)2)25-23(29)26-22(28)15-27-11-9-18(10-12-27)24-19-5-4-6-21(14-19)30-3/h4-8,13-14,18,24H,9-12,15H2,1-3H3,(H2,25,26,28,29). The molecule has 2 aromatic carbocycles. The molecule has 1 fully saturated rings. The van der Waals surface area contributed by atoms with Crippen molar-refractivity contribution in [1.82, 2.24) is 10.2 Å². The van der Waals surface area contributed by atoms with E-state index >= 15 is 0 Å². The molecule has 0 atom stereocenters. The lowest BCUT2D eigenvalue weighted by Gasteiger charge is -2.32. The van der Waals surface area contributed by atoms with Crippen molar-refractivity contribution in [2.45, 2.75) is 32.7 Å². The summed E-state index contributed by atoms with van der Waals surface area (Å²) in [5.41, 5.74) is 3.95. The molecule has 2 aromatic rings. The van der Waals surface area contributed by atoms with Crippen LogP contribution in [0.1, 0.15) is 24.0 Å². The number of piperidine rings is 1. The van der Waals surface area contributed by atoms with E-state index in [-0.39, 0.29) is 12.5 Å². The number of hydrogen-bond acceptors (Lipinski definition) is 5. The van der Waals surface area contributed by atoms with E-state index < -0.39 is 6.03 Å². The van der Waals surface area contributed by atoms with E-state index in [4.69, 9.17) is 4.74 Å². The van der Waals surface area contributed by atoms with Gasteiger partial charge in [0.05, 0.1) is 13.7 Å². The summed E-state index contributed by atoms with van der Waals surface area (Å²) in [5, 5.41) is 8.65. The molecule has 30 heavy (non-hydrogen) atoms. The van der Waals surface area contributed by atoms with Crippen molar-refractivity contribution < 1.29 is 14.3 Å². The molecule has 160 valence electrons. The predicted molar refractivity (Wildman–Crippen MR) is 119 cm³/mol.